The van der Waals surface area contributed by atoms with Gasteiger partial charge in [-0.3, -0.25) is 0 Å². The minimum Gasteiger partial charge on any atom is -0.395 e. The van der Waals surface area contributed by atoms with Crippen LogP contribution in [0, 0.1) is 6.92 Å². The van der Waals surface area contributed by atoms with Crippen molar-refractivity contribution >= 4 is 35.0 Å². The van der Waals surface area contributed by atoms with E-state index in [9.17, 15) is 0 Å². The molecule has 0 radical (unpaired) electrons. The van der Waals surface area contributed by atoms with Gasteiger partial charge >= 0.3 is 0 Å². The fraction of sp³-hybridized carbons (Fsp3) is 0.500. The lowest BCUT2D eigenvalue weighted by Crippen LogP contribution is -2.03. The zero-order valence-electron chi connectivity index (χ0n) is 8.63. The first-order chi connectivity index (χ1) is 7.04. The highest BCUT2D eigenvalue weighted by atomic mass is 35.5. The van der Waals surface area contributed by atoms with E-state index in [-0.39, 0.29) is 11.9 Å². The van der Waals surface area contributed by atoms with Crippen LogP contribution in [0.2, 0.25) is 10.2 Å². The molecule has 0 saturated carbocycles. The highest BCUT2D eigenvalue weighted by Crippen LogP contribution is 2.29. The second-order valence-electron chi connectivity index (χ2n) is 3.32. The number of pyridine rings is 1. The molecule has 0 aromatic carbocycles. The molecule has 1 unspecified atom stereocenters. The molecule has 5 heteroatoms. The Hall–Kier alpha value is 0.0400. The molecule has 1 aromatic heterocycles. The molecule has 1 aromatic rings. The molecular formula is C10H13Cl2NOS. The highest BCUT2D eigenvalue weighted by Gasteiger charge is 2.10. The molecular weight excluding hydrogens is 253 g/mol. The quantitative estimate of drug-likeness (QED) is 0.849. The molecule has 0 amide bonds. The van der Waals surface area contributed by atoms with Gasteiger partial charge in [0.1, 0.15) is 5.15 Å². The van der Waals surface area contributed by atoms with E-state index in [0.717, 1.165) is 11.3 Å². The van der Waals surface area contributed by atoms with Crippen LogP contribution in [0.3, 0.4) is 0 Å². The molecule has 1 rings (SSSR count). The summed E-state index contributed by atoms with van der Waals surface area (Å²) < 4.78 is 0. The van der Waals surface area contributed by atoms with Gasteiger partial charge in [0.2, 0.25) is 0 Å². The SMILES string of the molecule is Cc1cc(Cl)c(CSC(C)CO)c(Cl)n1. The van der Waals surface area contributed by atoms with Gasteiger partial charge in [0, 0.05) is 27.3 Å². The second-order valence-corrected chi connectivity index (χ2v) is 5.51. The predicted octanol–water partition coefficient (Wildman–Crippen LogP) is 3.31. The van der Waals surface area contributed by atoms with Crippen molar-refractivity contribution in [2.45, 2.75) is 24.9 Å². The summed E-state index contributed by atoms with van der Waals surface area (Å²) in [7, 11) is 0. The molecule has 1 atom stereocenters. The van der Waals surface area contributed by atoms with Crippen molar-refractivity contribution in [1.82, 2.24) is 4.98 Å². The van der Waals surface area contributed by atoms with Gasteiger partial charge in [-0.15, -0.1) is 0 Å². The van der Waals surface area contributed by atoms with Crippen LogP contribution in [0.5, 0.6) is 0 Å². The van der Waals surface area contributed by atoms with E-state index in [4.69, 9.17) is 28.3 Å². The Labute approximate surface area is 104 Å². The maximum atomic E-state index is 8.89. The summed E-state index contributed by atoms with van der Waals surface area (Å²) >= 11 is 13.7. The number of aliphatic hydroxyl groups is 1. The summed E-state index contributed by atoms with van der Waals surface area (Å²) in [5.41, 5.74) is 1.66. The Kier molecular flexibility index (Phi) is 5.19. The fourth-order valence-corrected chi connectivity index (χ4v) is 2.70. The maximum Gasteiger partial charge on any atom is 0.134 e. The van der Waals surface area contributed by atoms with E-state index >= 15 is 0 Å². The first kappa shape index (κ1) is 13.1. The lowest BCUT2D eigenvalue weighted by atomic mass is 10.3. The number of hydrogen-bond acceptors (Lipinski definition) is 3. The molecule has 0 saturated heterocycles. The zero-order valence-corrected chi connectivity index (χ0v) is 11.0. The van der Waals surface area contributed by atoms with Gasteiger partial charge in [-0.2, -0.15) is 11.8 Å². The van der Waals surface area contributed by atoms with Crippen LogP contribution in [0.4, 0.5) is 0 Å². The molecule has 0 spiro atoms. The number of hydrogen-bond donors (Lipinski definition) is 1. The highest BCUT2D eigenvalue weighted by molar-refractivity contribution is 7.99. The van der Waals surface area contributed by atoms with Crippen molar-refractivity contribution in [2.24, 2.45) is 0 Å². The third-order valence-electron chi connectivity index (χ3n) is 1.92. The van der Waals surface area contributed by atoms with Crippen LogP contribution >= 0.6 is 35.0 Å². The molecule has 0 bridgehead atoms. The second kappa shape index (κ2) is 5.94. The van der Waals surface area contributed by atoms with E-state index in [1.54, 1.807) is 17.8 Å². The standard InChI is InChI=1S/C10H13Cl2NOS/c1-6-3-9(11)8(10(12)13-6)5-15-7(2)4-14/h3,7,14H,4-5H2,1-2H3. The van der Waals surface area contributed by atoms with Gasteiger partial charge < -0.3 is 5.11 Å². The molecule has 2 nitrogen and oxygen atoms in total. The van der Waals surface area contributed by atoms with Crippen molar-refractivity contribution in [3.8, 4) is 0 Å². The van der Waals surface area contributed by atoms with E-state index in [1.165, 1.54) is 0 Å². The van der Waals surface area contributed by atoms with Gasteiger partial charge in [0.25, 0.3) is 0 Å². The number of aliphatic hydroxyl groups excluding tert-OH is 1. The largest absolute Gasteiger partial charge is 0.395 e. The van der Waals surface area contributed by atoms with Gasteiger partial charge in [-0.05, 0) is 13.0 Å². The number of nitrogens with zero attached hydrogens (tertiary/aromatic N) is 1. The third kappa shape index (κ3) is 3.83. The van der Waals surface area contributed by atoms with Gasteiger partial charge in [-0.1, -0.05) is 30.1 Å². The molecule has 0 aliphatic rings. The first-order valence-electron chi connectivity index (χ1n) is 4.58. The van der Waals surface area contributed by atoms with Crippen molar-refractivity contribution < 1.29 is 5.11 Å². The Morgan fingerprint density at radius 1 is 1.53 bits per heavy atom. The summed E-state index contributed by atoms with van der Waals surface area (Å²) in [4.78, 5) is 4.14. The summed E-state index contributed by atoms with van der Waals surface area (Å²) in [6.45, 7) is 3.96. The Morgan fingerprint density at radius 3 is 2.73 bits per heavy atom. The normalized spacial score (nSPS) is 12.9. The van der Waals surface area contributed by atoms with Crippen molar-refractivity contribution in [1.29, 1.82) is 0 Å². The molecule has 84 valence electrons. The van der Waals surface area contributed by atoms with Crippen LogP contribution < -0.4 is 0 Å². The number of aromatic nitrogens is 1. The van der Waals surface area contributed by atoms with Crippen molar-refractivity contribution in [3.63, 3.8) is 0 Å². The van der Waals surface area contributed by atoms with E-state index in [1.807, 2.05) is 13.8 Å². The fourth-order valence-electron chi connectivity index (χ4n) is 1.03. The molecule has 0 aliphatic heterocycles. The first-order valence-corrected chi connectivity index (χ1v) is 6.39. The smallest absolute Gasteiger partial charge is 0.134 e. The Balaban J connectivity index is 2.77. The Bertz CT molecular complexity index is 323. The van der Waals surface area contributed by atoms with Crippen LogP contribution in [0.25, 0.3) is 0 Å². The summed E-state index contributed by atoms with van der Waals surface area (Å²) in [5, 5.41) is 10.2. The minimum absolute atomic E-state index is 0.152. The summed E-state index contributed by atoms with van der Waals surface area (Å²) in [5.74, 6) is 0.673. The molecule has 0 aliphatic carbocycles. The van der Waals surface area contributed by atoms with E-state index in [0.29, 0.717) is 15.9 Å². The summed E-state index contributed by atoms with van der Waals surface area (Å²) in [6.07, 6.45) is 0. The zero-order chi connectivity index (χ0) is 11.4. The molecule has 1 heterocycles. The van der Waals surface area contributed by atoms with Crippen LogP contribution in [-0.4, -0.2) is 21.9 Å². The number of halogens is 2. The van der Waals surface area contributed by atoms with Crippen LogP contribution in [-0.2, 0) is 5.75 Å². The van der Waals surface area contributed by atoms with E-state index in [2.05, 4.69) is 4.98 Å². The lowest BCUT2D eigenvalue weighted by Gasteiger charge is -2.10. The van der Waals surface area contributed by atoms with Crippen LogP contribution in [0.1, 0.15) is 18.2 Å². The number of aryl methyl sites for hydroxylation is 1. The van der Waals surface area contributed by atoms with Crippen LogP contribution in [0.15, 0.2) is 6.07 Å². The topological polar surface area (TPSA) is 33.1 Å². The maximum absolute atomic E-state index is 8.89. The molecule has 15 heavy (non-hydrogen) atoms. The van der Waals surface area contributed by atoms with E-state index < -0.39 is 0 Å². The van der Waals surface area contributed by atoms with Gasteiger partial charge in [-0.25, -0.2) is 4.98 Å². The lowest BCUT2D eigenvalue weighted by molar-refractivity contribution is 0.300. The minimum atomic E-state index is 0.152. The van der Waals surface area contributed by atoms with Crippen molar-refractivity contribution in [2.75, 3.05) is 6.61 Å². The average molecular weight is 266 g/mol. The number of rotatable bonds is 4. The monoisotopic (exact) mass is 265 g/mol. The molecule has 1 N–H and O–H groups in total. The third-order valence-corrected chi connectivity index (χ3v) is 3.74. The van der Waals surface area contributed by atoms with Crippen molar-refractivity contribution in [3.05, 3.63) is 27.5 Å². The van der Waals surface area contributed by atoms with Gasteiger partial charge in [0.05, 0.1) is 6.61 Å². The summed E-state index contributed by atoms with van der Waals surface area (Å²) in [6, 6.07) is 1.80. The average Bonchev–Trinajstić information content (AvgIpc) is 2.15. The number of thioether (sulfide) groups is 1. The van der Waals surface area contributed by atoms with Gasteiger partial charge in [0.15, 0.2) is 0 Å². The Morgan fingerprint density at radius 2 is 2.20 bits per heavy atom. The molecule has 0 fully saturated rings. The predicted molar refractivity (Wildman–Crippen MR) is 66.8 cm³/mol.